The number of hydrogen-bond acceptors (Lipinski definition) is 2. The zero-order chi connectivity index (χ0) is 16.8. The second kappa shape index (κ2) is 7.49. The second-order valence-corrected chi connectivity index (χ2v) is 5.06. The van der Waals surface area contributed by atoms with Crippen LogP contribution in [0.1, 0.15) is 28.8 Å². The predicted molar refractivity (Wildman–Crippen MR) is 82.9 cm³/mol. The van der Waals surface area contributed by atoms with Gasteiger partial charge in [-0.25, -0.2) is 8.78 Å². The standard InChI is InChI=1S/C17H16F2N2O2/c18-13-10-14(19)15(9-12(13)17(20)23)21-16(22)8-4-7-11-5-2-1-3-6-11/h1-3,5-6,9-10H,4,7-8H2,(H2,20,23)(H,21,22). The third-order valence-electron chi connectivity index (χ3n) is 3.31. The molecule has 0 saturated carbocycles. The number of hydrogen-bond donors (Lipinski definition) is 2. The number of nitrogens with one attached hydrogen (secondary N) is 1. The molecule has 0 aromatic heterocycles. The van der Waals surface area contributed by atoms with Crippen LogP contribution >= 0.6 is 0 Å². The number of amides is 2. The largest absolute Gasteiger partial charge is 0.366 e. The van der Waals surface area contributed by atoms with E-state index in [1.807, 2.05) is 30.3 Å². The number of carbonyl (C=O) groups excluding carboxylic acids is 2. The van der Waals surface area contributed by atoms with Crippen LogP contribution in [-0.4, -0.2) is 11.8 Å². The summed E-state index contributed by atoms with van der Waals surface area (Å²) >= 11 is 0. The van der Waals surface area contributed by atoms with Gasteiger partial charge in [-0.05, 0) is 24.5 Å². The summed E-state index contributed by atoms with van der Waals surface area (Å²) in [5, 5.41) is 2.33. The molecule has 2 rings (SSSR count). The van der Waals surface area contributed by atoms with Crippen molar-refractivity contribution in [2.75, 3.05) is 5.32 Å². The van der Waals surface area contributed by atoms with Gasteiger partial charge in [0.15, 0.2) is 0 Å². The highest BCUT2D eigenvalue weighted by atomic mass is 19.1. The van der Waals surface area contributed by atoms with E-state index < -0.39 is 29.0 Å². The van der Waals surface area contributed by atoms with Gasteiger partial charge in [0.25, 0.3) is 5.91 Å². The van der Waals surface area contributed by atoms with Gasteiger partial charge < -0.3 is 11.1 Å². The van der Waals surface area contributed by atoms with Crippen LogP contribution in [0.15, 0.2) is 42.5 Å². The van der Waals surface area contributed by atoms with Gasteiger partial charge in [-0.15, -0.1) is 0 Å². The molecule has 0 bridgehead atoms. The average molecular weight is 318 g/mol. The maximum atomic E-state index is 13.6. The third-order valence-corrected chi connectivity index (χ3v) is 3.31. The Morgan fingerprint density at radius 2 is 1.74 bits per heavy atom. The Balaban J connectivity index is 1.95. The molecule has 0 spiro atoms. The Morgan fingerprint density at radius 3 is 2.39 bits per heavy atom. The fourth-order valence-corrected chi connectivity index (χ4v) is 2.14. The number of aryl methyl sites for hydroxylation is 1. The van der Waals surface area contributed by atoms with E-state index in [1.165, 1.54) is 0 Å². The summed E-state index contributed by atoms with van der Waals surface area (Å²) in [6.45, 7) is 0. The fourth-order valence-electron chi connectivity index (χ4n) is 2.14. The minimum atomic E-state index is -1.06. The lowest BCUT2D eigenvalue weighted by Gasteiger charge is -2.08. The van der Waals surface area contributed by atoms with Crippen LogP contribution in [0.25, 0.3) is 0 Å². The highest BCUT2D eigenvalue weighted by Crippen LogP contribution is 2.19. The molecule has 0 fully saturated rings. The summed E-state index contributed by atoms with van der Waals surface area (Å²) in [4.78, 5) is 22.9. The van der Waals surface area contributed by atoms with Crippen LogP contribution in [0.4, 0.5) is 14.5 Å². The van der Waals surface area contributed by atoms with Crippen molar-refractivity contribution in [3.8, 4) is 0 Å². The first-order valence-electron chi connectivity index (χ1n) is 7.10. The van der Waals surface area contributed by atoms with Crippen molar-refractivity contribution in [3.63, 3.8) is 0 Å². The highest BCUT2D eigenvalue weighted by molar-refractivity contribution is 5.96. The van der Waals surface area contributed by atoms with Gasteiger partial charge in [0.05, 0.1) is 11.3 Å². The van der Waals surface area contributed by atoms with Gasteiger partial charge in [0, 0.05) is 12.5 Å². The lowest BCUT2D eigenvalue weighted by atomic mass is 10.1. The molecule has 0 atom stereocenters. The summed E-state index contributed by atoms with van der Waals surface area (Å²) in [6.07, 6.45) is 1.48. The Hall–Kier alpha value is -2.76. The molecule has 0 radical (unpaired) electrons. The van der Waals surface area contributed by atoms with E-state index in [4.69, 9.17) is 5.73 Å². The van der Waals surface area contributed by atoms with Crippen molar-refractivity contribution in [2.24, 2.45) is 5.73 Å². The normalized spacial score (nSPS) is 10.3. The number of carbonyl (C=O) groups is 2. The minimum absolute atomic E-state index is 0.178. The summed E-state index contributed by atoms with van der Waals surface area (Å²) in [5.41, 5.74) is 5.37. The Kier molecular flexibility index (Phi) is 5.41. The lowest BCUT2D eigenvalue weighted by Crippen LogP contribution is -2.17. The number of nitrogens with two attached hydrogens (primary N) is 1. The molecule has 0 unspecified atom stereocenters. The second-order valence-electron chi connectivity index (χ2n) is 5.06. The Labute approximate surface area is 132 Å². The summed E-state index contributed by atoms with van der Waals surface area (Å²) in [5.74, 6) is -3.45. The van der Waals surface area contributed by atoms with Gasteiger partial charge in [0.2, 0.25) is 5.91 Å². The molecule has 0 heterocycles. The molecule has 2 amide bonds. The van der Waals surface area contributed by atoms with Crippen LogP contribution in [0, 0.1) is 11.6 Å². The molecule has 2 aromatic rings. The minimum Gasteiger partial charge on any atom is -0.366 e. The van der Waals surface area contributed by atoms with Crippen molar-refractivity contribution < 1.29 is 18.4 Å². The van der Waals surface area contributed by atoms with Crippen molar-refractivity contribution in [2.45, 2.75) is 19.3 Å². The van der Waals surface area contributed by atoms with E-state index in [-0.39, 0.29) is 12.1 Å². The number of rotatable bonds is 6. The van der Waals surface area contributed by atoms with E-state index in [9.17, 15) is 18.4 Å². The Bertz CT molecular complexity index is 718. The smallest absolute Gasteiger partial charge is 0.251 e. The number of halogens is 2. The van der Waals surface area contributed by atoms with Gasteiger partial charge in [-0.2, -0.15) is 0 Å². The van der Waals surface area contributed by atoms with Gasteiger partial charge in [-0.3, -0.25) is 9.59 Å². The molecule has 3 N–H and O–H groups in total. The van der Waals surface area contributed by atoms with Gasteiger partial charge in [0.1, 0.15) is 11.6 Å². The molecule has 0 aliphatic heterocycles. The van der Waals surface area contributed by atoms with Gasteiger partial charge >= 0.3 is 0 Å². The van der Waals surface area contributed by atoms with E-state index >= 15 is 0 Å². The highest BCUT2D eigenvalue weighted by Gasteiger charge is 2.15. The van der Waals surface area contributed by atoms with Crippen molar-refractivity contribution >= 4 is 17.5 Å². The third kappa shape index (κ3) is 4.60. The quantitative estimate of drug-likeness (QED) is 0.859. The number of primary amides is 1. The SMILES string of the molecule is NC(=O)c1cc(NC(=O)CCCc2ccccc2)c(F)cc1F. The van der Waals surface area contributed by atoms with Crippen LogP contribution in [0.2, 0.25) is 0 Å². The maximum absolute atomic E-state index is 13.6. The summed E-state index contributed by atoms with van der Waals surface area (Å²) in [7, 11) is 0. The van der Waals surface area contributed by atoms with Crippen LogP contribution in [-0.2, 0) is 11.2 Å². The fraction of sp³-hybridized carbons (Fsp3) is 0.176. The number of benzene rings is 2. The van der Waals surface area contributed by atoms with Gasteiger partial charge in [-0.1, -0.05) is 30.3 Å². The molecule has 4 nitrogen and oxygen atoms in total. The van der Waals surface area contributed by atoms with Crippen LogP contribution < -0.4 is 11.1 Å². The molecular formula is C17H16F2N2O2. The van der Waals surface area contributed by atoms with Crippen molar-refractivity contribution in [1.29, 1.82) is 0 Å². The first-order valence-corrected chi connectivity index (χ1v) is 7.10. The van der Waals surface area contributed by atoms with E-state index in [2.05, 4.69) is 5.32 Å². The molecule has 6 heteroatoms. The molecule has 120 valence electrons. The maximum Gasteiger partial charge on any atom is 0.251 e. The lowest BCUT2D eigenvalue weighted by molar-refractivity contribution is -0.116. The van der Waals surface area contributed by atoms with Crippen molar-refractivity contribution in [3.05, 3.63) is 65.2 Å². The number of anilines is 1. The molecule has 2 aromatic carbocycles. The molecular weight excluding hydrogens is 302 g/mol. The first kappa shape index (κ1) is 16.6. The topological polar surface area (TPSA) is 72.2 Å². The summed E-state index contributed by atoms with van der Waals surface area (Å²) < 4.78 is 27.0. The molecule has 0 aliphatic rings. The zero-order valence-electron chi connectivity index (χ0n) is 12.3. The van der Waals surface area contributed by atoms with E-state index in [0.717, 1.165) is 11.6 Å². The Morgan fingerprint density at radius 1 is 1.04 bits per heavy atom. The van der Waals surface area contributed by atoms with E-state index in [0.29, 0.717) is 18.9 Å². The average Bonchev–Trinajstić information content (AvgIpc) is 2.50. The van der Waals surface area contributed by atoms with E-state index in [1.54, 1.807) is 0 Å². The zero-order valence-corrected chi connectivity index (χ0v) is 12.3. The van der Waals surface area contributed by atoms with Crippen LogP contribution in [0.3, 0.4) is 0 Å². The van der Waals surface area contributed by atoms with Crippen LogP contribution in [0.5, 0.6) is 0 Å². The molecule has 23 heavy (non-hydrogen) atoms. The monoisotopic (exact) mass is 318 g/mol. The first-order chi connectivity index (χ1) is 11.0. The van der Waals surface area contributed by atoms with Crippen molar-refractivity contribution in [1.82, 2.24) is 0 Å². The predicted octanol–water partition coefficient (Wildman–Crippen LogP) is 3.03. The molecule has 0 aliphatic carbocycles. The molecule has 0 saturated heterocycles. The summed E-state index contributed by atoms with van der Waals surface area (Å²) in [6, 6.07) is 11.1.